The molecule has 0 aliphatic carbocycles. The maximum atomic E-state index is 12.1. The summed E-state index contributed by atoms with van der Waals surface area (Å²) in [6.07, 6.45) is 0. The molecule has 19 heavy (non-hydrogen) atoms. The van der Waals surface area contributed by atoms with Crippen LogP contribution in [0.25, 0.3) is 0 Å². The molecule has 3 unspecified atom stereocenters. The summed E-state index contributed by atoms with van der Waals surface area (Å²) in [6, 6.07) is 0. The van der Waals surface area contributed by atoms with Crippen molar-refractivity contribution in [3.8, 4) is 0 Å². The van der Waals surface area contributed by atoms with Gasteiger partial charge in [0.15, 0.2) is 0 Å². The van der Waals surface area contributed by atoms with E-state index in [1.165, 1.54) is 0 Å². The zero-order valence-electron chi connectivity index (χ0n) is 11.8. The number of H-pyrrole nitrogens is 1. The van der Waals surface area contributed by atoms with E-state index in [2.05, 4.69) is 23.8 Å². The molecule has 0 amide bonds. The highest BCUT2D eigenvalue weighted by Gasteiger charge is 2.29. The zero-order chi connectivity index (χ0) is 14.2. The SMILES string of the molecule is CC(C)c1c(N)nc(C2CSC(C)C(C)S2)[nH]c1=O. The predicted octanol–water partition coefficient (Wildman–Crippen LogP) is 2.77. The van der Waals surface area contributed by atoms with E-state index < -0.39 is 0 Å². The largest absolute Gasteiger partial charge is 0.383 e. The van der Waals surface area contributed by atoms with Crippen molar-refractivity contribution in [3.05, 3.63) is 21.7 Å². The lowest BCUT2D eigenvalue weighted by atomic mass is 10.1. The molecule has 0 bridgehead atoms. The smallest absolute Gasteiger partial charge is 0.256 e. The van der Waals surface area contributed by atoms with Crippen molar-refractivity contribution in [2.24, 2.45) is 0 Å². The van der Waals surface area contributed by atoms with Gasteiger partial charge in [0.05, 0.1) is 10.8 Å². The van der Waals surface area contributed by atoms with Crippen LogP contribution in [-0.2, 0) is 0 Å². The van der Waals surface area contributed by atoms with E-state index in [1.807, 2.05) is 37.4 Å². The minimum absolute atomic E-state index is 0.0885. The monoisotopic (exact) mass is 299 g/mol. The Balaban J connectivity index is 2.30. The Bertz CT molecular complexity index is 515. The van der Waals surface area contributed by atoms with Gasteiger partial charge in [0.1, 0.15) is 11.6 Å². The number of hydrogen-bond acceptors (Lipinski definition) is 5. The van der Waals surface area contributed by atoms with Crippen LogP contribution in [0.1, 0.15) is 50.3 Å². The Labute approximate surface area is 122 Å². The Morgan fingerprint density at radius 3 is 2.58 bits per heavy atom. The molecule has 106 valence electrons. The summed E-state index contributed by atoms with van der Waals surface area (Å²) in [4.78, 5) is 19.4. The average molecular weight is 299 g/mol. The van der Waals surface area contributed by atoms with Gasteiger partial charge in [-0.25, -0.2) is 4.98 Å². The highest BCUT2D eigenvalue weighted by atomic mass is 32.2. The quantitative estimate of drug-likeness (QED) is 0.878. The van der Waals surface area contributed by atoms with Gasteiger partial charge in [-0.15, -0.1) is 11.8 Å². The third kappa shape index (κ3) is 3.11. The predicted molar refractivity (Wildman–Crippen MR) is 85.1 cm³/mol. The van der Waals surface area contributed by atoms with Gasteiger partial charge in [0.2, 0.25) is 0 Å². The van der Waals surface area contributed by atoms with Gasteiger partial charge in [-0.3, -0.25) is 4.79 Å². The normalized spacial score (nSPS) is 27.7. The lowest BCUT2D eigenvalue weighted by molar-refractivity contribution is 0.803. The van der Waals surface area contributed by atoms with Crippen LogP contribution in [0.3, 0.4) is 0 Å². The fraction of sp³-hybridized carbons (Fsp3) is 0.692. The molecule has 1 fully saturated rings. The van der Waals surface area contributed by atoms with E-state index in [4.69, 9.17) is 5.73 Å². The summed E-state index contributed by atoms with van der Waals surface area (Å²) in [5, 5.41) is 1.42. The minimum atomic E-state index is -0.0885. The number of thioether (sulfide) groups is 2. The Morgan fingerprint density at radius 2 is 2.05 bits per heavy atom. The Hall–Kier alpha value is -0.620. The molecule has 0 spiro atoms. The number of nitrogens with one attached hydrogen (secondary N) is 1. The van der Waals surface area contributed by atoms with Crippen LogP contribution >= 0.6 is 23.5 Å². The first-order chi connectivity index (χ1) is 8.90. The first-order valence-electron chi connectivity index (χ1n) is 6.56. The molecule has 1 aromatic heterocycles. The van der Waals surface area contributed by atoms with E-state index in [0.29, 0.717) is 21.9 Å². The lowest BCUT2D eigenvalue weighted by Crippen LogP contribution is -2.26. The molecule has 1 aliphatic heterocycles. The van der Waals surface area contributed by atoms with Gasteiger partial charge < -0.3 is 10.7 Å². The number of hydrogen-bond donors (Lipinski definition) is 2. The van der Waals surface area contributed by atoms with Crippen molar-refractivity contribution in [1.82, 2.24) is 9.97 Å². The molecule has 6 heteroatoms. The molecule has 4 nitrogen and oxygen atoms in total. The van der Waals surface area contributed by atoms with Crippen LogP contribution in [-0.4, -0.2) is 26.2 Å². The standard InChI is InChI=1S/C13H21N3OS2/c1-6(2)10-11(14)15-12(16-13(10)17)9-5-18-7(3)8(4)19-9/h6-9H,5H2,1-4H3,(H3,14,15,16,17). The molecule has 0 saturated carbocycles. The molecular weight excluding hydrogens is 278 g/mol. The molecule has 0 aromatic carbocycles. The number of nitrogens with zero attached hydrogens (tertiary/aromatic N) is 1. The first kappa shape index (κ1) is 14.8. The highest BCUT2D eigenvalue weighted by Crippen LogP contribution is 2.43. The molecule has 1 aliphatic rings. The summed E-state index contributed by atoms with van der Waals surface area (Å²) in [6.45, 7) is 8.37. The average Bonchev–Trinajstić information content (AvgIpc) is 2.31. The van der Waals surface area contributed by atoms with Crippen LogP contribution < -0.4 is 11.3 Å². The number of anilines is 1. The third-order valence-corrected chi connectivity index (χ3v) is 6.83. The van der Waals surface area contributed by atoms with Crippen LogP contribution in [0.5, 0.6) is 0 Å². The molecule has 1 saturated heterocycles. The summed E-state index contributed by atoms with van der Waals surface area (Å²) < 4.78 is 0. The van der Waals surface area contributed by atoms with E-state index in [1.54, 1.807) is 0 Å². The van der Waals surface area contributed by atoms with Gasteiger partial charge in [-0.1, -0.05) is 27.7 Å². The second-order valence-corrected chi connectivity index (χ2v) is 8.27. The number of rotatable bonds is 2. The molecular formula is C13H21N3OS2. The van der Waals surface area contributed by atoms with Gasteiger partial charge in [-0.05, 0) is 5.92 Å². The maximum absolute atomic E-state index is 12.1. The first-order valence-corrected chi connectivity index (χ1v) is 8.56. The summed E-state index contributed by atoms with van der Waals surface area (Å²) in [5.41, 5.74) is 6.45. The van der Waals surface area contributed by atoms with Crippen LogP contribution in [0.15, 0.2) is 4.79 Å². The summed E-state index contributed by atoms with van der Waals surface area (Å²) >= 11 is 3.80. The molecule has 1 aromatic rings. The second kappa shape index (κ2) is 5.79. The van der Waals surface area contributed by atoms with Crippen molar-refractivity contribution in [1.29, 1.82) is 0 Å². The van der Waals surface area contributed by atoms with Crippen LogP contribution in [0.2, 0.25) is 0 Å². The highest BCUT2D eigenvalue weighted by molar-refractivity contribution is 8.07. The fourth-order valence-corrected chi connectivity index (χ4v) is 5.02. The van der Waals surface area contributed by atoms with Gasteiger partial charge in [0.25, 0.3) is 5.56 Å². The Kier molecular flexibility index (Phi) is 4.50. The van der Waals surface area contributed by atoms with E-state index in [9.17, 15) is 4.79 Å². The molecule has 2 rings (SSSR count). The number of aromatic nitrogens is 2. The fourth-order valence-electron chi connectivity index (χ4n) is 2.16. The van der Waals surface area contributed by atoms with Gasteiger partial charge >= 0.3 is 0 Å². The second-order valence-electron chi connectivity index (χ2n) is 5.27. The van der Waals surface area contributed by atoms with Crippen LogP contribution in [0, 0.1) is 0 Å². The van der Waals surface area contributed by atoms with Crippen molar-refractivity contribution in [2.75, 3.05) is 11.5 Å². The molecule has 3 atom stereocenters. The van der Waals surface area contributed by atoms with Gasteiger partial charge in [-0.2, -0.15) is 11.8 Å². The van der Waals surface area contributed by atoms with Crippen molar-refractivity contribution >= 4 is 29.3 Å². The third-order valence-electron chi connectivity index (χ3n) is 3.44. The van der Waals surface area contributed by atoms with E-state index >= 15 is 0 Å². The van der Waals surface area contributed by atoms with E-state index in [-0.39, 0.29) is 16.7 Å². The van der Waals surface area contributed by atoms with Crippen molar-refractivity contribution in [3.63, 3.8) is 0 Å². The van der Waals surface area contributed by atoms with Crippen LogP contribution in [0.4, 0.5) is 5.82 Å². The van der Waals surface area contributed by atoms with Crippen molar-refractivity contribution in [2.45, 2.75) is 49.4 Å². The van der Waals surface area contributed by atoms with E-state index in [0.717, 1.165) is 11.6 Å². The zero-order valence-corrected chi connectivity index (χ0v) is 13.4. The Morgan fingerprint density at radius 1 is 1.37 bits per heavy atom. The molecule has 3 N–H and O–H groups in total. The maximum Gasteiger partial charge on any atom is 0.256 e. The number of nitrogen functional groups attached to an aromatic ring is 1. The topological polar surface area (TPSA) is 71.8 Å². The number of nitrogens with two attached hydrogens (primary N) is 1. The summed E-state index contributed by atoms with van der Waals surface area (Å²) in [5.74, 6) is 2.17. The molecule has 2 heterocycles. The van der Waals surface area contributed by atoms with Crippen molar-refractivity contribution < 1.29 is 0 Å². The summed E-state index contributed by atoms with van der Waals surface area (Å²) in [7, 11) is 0. The lowest BCUT2D eigenvalue weighted by Gasteiger charge is -2.30. The number of aromatic amines is 1. The molecule has 0 radical (unpaired) electrons. The minimum Gasteiger partial charge on any atom is -0.383 e. The van der Waals surface area contributed by atoms with Gasteiger partial charge in [0, 0.05) is 16.3 Å².